The third-order valence-electron chi connectivity index (χ3n) is 2.15. The summed E-state index contributed by atoms with van der Waals surface area (Å²) < 4.78 is 0. The highest BCUT2D eigenvalue weighted by molar-refractivity contribution is 5.83. The fraction of sp³-hybridized carbons (Fsp3) is 0.300. The maximum atomic E-state index is 8.90. The zero-order valence-electron chi connectivity index (χ0n) is 6.77. The minimum absolute atomic E-state index is 0.0694. The van der Waals surface area contributed by atoms with Crippen molar-refractivity contribution in [3.8, 4) is 0 Å². The molecule has 1 atom stereocenters. The molecule has 0 aromatic heterocycles. The highest BCUT2D eigenvalue weighted by Gasteiger charge is 2.12. The van der Waals surface area contributed by atoms with Crippen LogP contribution in [0.25, 0.3) is 0 Å². The molecule has 0 aliphatic carbocycles. The van der Waals surface area contributed by atoms with Crippen molar-refractivity contribution in [3.05, 3.63) is 35.4 Å². The number of fused-ring (bicyclic) bond motifs is 1. The summed E-state index contributed by atoms with van der Waals surface area (Å²) in [7, 11) is 0. The third kappa shape index (κ3) is 1.25. The number of hydrogen-bond acceptors (Lipinski definition) is 2. The molecule has 1 N–H and O–H groups in total. The fourth-order valence-corrected chi connectivity index (χ4v) is 1.45. The summed E-state index contributed by atoms with van der Waals surface area (Å²) in [4.78, 5) is 4.21. The molecule has 0 spiro atoms. The van der Waals surface area contributed by atoms with Gasteiger partial charge in [-0.1, -0.05) is 24.3 Å². The Morgan fingerprint density at radius 2 is 2.25 bits per heavy atom. The average Bonchev–Trinajstić information content (AvgIpc) is 2.17. The smallest absolute Gasteiger partial charge is 0.0770 e. The molecule has 1 aliphatic heterocycles. The topological polar surface area (TPSA) is 32.6 Å². The van der Waals surface area contributed by atoms with Gasteiger partial charge in [-0.2, -0.15) is 0 Å². The summed E-state index contributed by atoms with van der Waals surface area (Å²) in [5.74, 6) is 0. The van der Waals surface area contributed by atoms with Crippen LogP contribution in [0.15, 0.2) is 29.3 Å². The lowest BCUT2D eigenvalue weighted by Gasteiger charge is -2.16. The second-order valence-electron chi connectivity index (χ2n) is 3.02. The van der Waals surface area contributed by atoms with Gasteiger partial charge in [0.1, 0.15) is 0 Å². The second-order valence-corrected chi connectivity index (χ2v) is 3.02. The first-order valence-corrected chi connectivity index (χ1v) is 4.12. The molecule has 2 rings (SSSR count). The molecule has 2 nitrogen and oxygen atoms in total. The first-order chi connectivity index (χ1) is 5.90. The Morgan fingerprint density at radius 1 is 1.42 bits per heavy atom. The standard InChI is InChI=1S/C10H11NO/c12-7-10-5-8-3-1-2-4-9(8)6-11-10/h1-4,6,10,12H,5,7H2/t10-/m0/s1. The van der Waals surface area contributed by atoms with Crippen LogP contribution in [0.2, 0.25) is 0 Å². The van der Waals surface area contributed by atoms with Gasteiger partial charge in [0.15, 0.2) is 0 Å². The maximum absolute atomic E-state index is 8.90. The van der Waals surface area contributed by atoms with E-state index in [4.69, 9.17) is 5.11 Å². The second kappa shape index (κ2) is 3.07. The van der Waals surface area contributed by atoms with Gasteiger partial charge in [-0.15, -0.1) is 0 Å². The lowest BCUT2D eigenvalue weighted by Crippen LogP contribution is -2.18. The van der Waals surface area contributed by atoms with E-state index in [1.807, 2.05) is 24.4 Å². The van der Waals surface area contributed by atoms with Gasteiger partial charge in [0, 0.05) is 6.21 Å². The minimum Gasteiger partial charge on any atom is -0.394 e. The highest BCUT2D eigenvalue weighted by Crippen LogP contribution is 2.14. The number of rotatable bonds is 1. The minimum atomic E-state index is 0.0694. The Labute approximate surface area is 71.6 Å². The van der Waals surface area contributed by atoms with Crippen LogP contribution in [0.3, 0.4) is 0 Å². The normalized spacial score (nSPS) is 20.6. The van der Waals surface area contributed by atoms with Crippen molar-refractivity contribution in [2.75, 3.05) is 6.61 Å². The summed E-state index contributed by atoms with van der Waals surface area (Å²) in [6.45, 7) is 0.144. The molecule has 0 amide bonds. The molecule has 1 aromatic carbocycles. The van der Waals surface area contributed by atoms with E-state index < -0.39 is 0 Å². The lowest BCUT2D eigenvalue weighted by atomic mass is 9.99. The molecular weight excluding hydrogens is 150 g/mol. The van der Waals surface area contributed by atoms with Crippen LogP contribution >= 0.6 is 0 Å². The van der Waals surface area contributed by atoms with Crippen molar-refractivity contribution in [2.45, 2.75) is 12.5 Å². The molecule has 0 unspecified atom stereocenters. The van der Waals surface area contributed by atoms with Crippen LogP contribution in [-0.2, 0) is 6.42 Å². The summed E-state index contributed by atoms with van der Waals surface area (Å²) in [5, 5.41) is 8.90. The Kier molecular flexibility index (Phi) is 1.92. The molecule has 12 heavy (non-hydrogen) atoms. The van der Waals surface area contributed by atoms with E-state index >= 15 is 0 Å². The summed E-state index contributed by atoms with van der Waals surface area (Å²) in [5.41, 5.74) is 2.47. The zero-order chi connectivity index (χ0) is 8.39. The van der Waals surface area contributed by atoms with E-state index in [9.17, 15) is 0 Å². The van der Waals surface area contributed by atoms with Crippen LogP contribution in [0, 0.1) is 0 Å². The van der Waals surface area contributed by atoms with Crippen molar-refractivity contribution in [3.63, 3.8) is 0 Å². The predicted octanol–water partition coefficient (Wildman–Crippen LogP) is 1.02. The van der Waals surface area contributed by atoms with E-state index in [1.54, 1.807) is 0 Å². The molecule has 0 radical (unpaired) electrons. The quantitative estimate of drug-likeness (QED) is 0.655. The molecule has 1 aromatic rings. The van der Waals surface area contributed by atoms with Gasteiger partial charge in [-0.3, -0.25) is 4.99 Å². The zero-order valence-corrected chi connectivity index (χ0v) is 6.77. The first kappa shape index (κ1) is 7.50. The lowest BCUT2D eigenvalue weighted by molar-refractivity contribution is 0.265. The first-order valence-electron chi connectivity index (χ1n) is 4.12. The molecular formula is C10H11NO. The number of aliphatic hydroxyl groups is 1. The molecule has 62 valence electrons. The summed E-state index contributed by atoms with van der Waals surface area (Å²) >= 11 is 0. The van der Waals surface area contributed by atoms with E-state index in [0.29, 0.717) is 0 Å². The van der Waals surface area contributed by atoms with Crippen LogP contribution in [0.4, 0.5) is 0 Å². The number of nitrogens with zero attached hydrogens (tertiary/aromatic N) is 1. The van der Waals surface area contributed by atoms with Gasteiger partial charge in [0.2, 0.25) is 0 Å². The van der Waals surface area contributed by atoms with Gasteiger partial charge in [-0.25, -0.2) is 0 Å². The van der Waals surface area contributed by atoms with E-state index in [0.717, 1.165) is 6.42 Å². The van der Waals surface area contributed by atoms with Crippen LogP contribution in [0.1, 0.15) is 11.1 Å². The average molecular weight is 161 g/mol. The fourth-order valence-electron chi connectivity index (χ4n) is 1.45. The summed E-state index contributed by atoms with van der Waals surface area (Å²) in [6.07, 6.45) is 2.71. The number of aliphatic imine (C=N–C) groups is 1. The van der Waals surface area contributed by atoms with E-state index in [1.165, 1.54) is 11.1 Å². The van der Waals surface area contributed by atoms with Gasteiger partial charge in [0.05, 0.1) is 12.6 Å². The number of hydrogen-bond donors (Lipinski definition) is 1. The highest BCUT2D eigenvalue weighted by atomic mass is 16.3. The Balaban J connectivity index is 2.33. The van der Waals surface area contributed by atoms with Gasteiger partial charge in [-0.05, 0) is 17.5 Å². The third-order valence-corrected chi connectivity index (χ3v) is 2.15. The van der Waals surface area contributed by atoms with Crippen LogP contribution in [0.5, 0.6) is 0 Å². The van der Waals surface area contributed by atoms with Gasteiger partial charge < -0.3 is 5.11 Å². The monoisotopic (exact) mass is 161 g/mol. The molecule has 2 heteroatoms. The van der Waals surface area contributed by atoms with Gasteiger partial charge >= 0.3 is 0 Å². The van der Waals surface area contributed by atoms with Crippen molar-refractivity contribution in [1.29, 1.82) is 0 Å². The van der Waals surface area contributed by atoms with Crippen molar-refractivity contribution >= 4 is 6.21 Å². The molecule has 1 aliphatic rings. The predicted molar refractivity (Wildman–Crippen MR) is 48.6 cm³/mol. The van der Waals surface area contributed by atoms with Crippen LogP contribution < -0.4 is 0 Å². The number of aliphatic hydroxyl groups excluding tert-OH is 1. The Bertz CT molecular complexity index is 306. The van der Waals surface area contributed by atoms with E-state index in [-0.39, 0.29) is 12.6 Å². The summed E-state index contributed by atoms with van der Waals surface area (Å²) in [6, 6.07) is 8.23. The van der Waals surface area contributed by atoms with Crippen molar-refractivity contribution in [1.82, 2.24) is 0 Å². The number of benzene rings is 1. The maximum Gasteiger partial charge on any atom is 0.0770 e. The molecule has 0 saturated heterocycles. The van der Waals surface area contributed by atoms with Crippen molar-refractivity contribution < 1.29 is 5.11 Å². The Hall–Kier alpha value is -1.15. The molecule has 1 heterocycles. The van der Waals surface area contributed by atoms with E-state index in [2.05, 4.69) is 11.1 Å². The SMILES string of the molecule is OC[C@@H]1Cc2ccccc2C=N1. The Morgan fingerprint density at radius 3 is 3.08 bits per heavy atom. The molecule has 0 bridgehead atoms. The molecule has 0 fully saturated rings. The van der Waals surface area contributed by atoms with Crippen molar-refractivity contribution in [2.24, 2.45) is 4.99 Å². The van der Waals surface area contributed by atoms with Gasteiger partial charge in [0.25, 0.3) is 0 Å². The largest absolute Gasteiger partial charge is 0.394 e. The van der Waals surface area contributed by atoms with Crippen LogP contribution in [-0.4, -0.2) is 24.0 Å². The molecule has 0 saturated carbocycles.